The summed E-state index contributed by atoms with van der Waals surface area (Å²) in [5.74, 6) is 0.687. The fourth-order valence-corrected chi connectivity index (χ4v) is 2.45. The Hall–Kier alpha value is -1.80. The molecule has 1 fully saturated rings. The number of hydrogen-bond donors (Lipinski definition) is 0. The van der Waals surface area contributed by atoms with Gasteiger partial charge in [0.05, 0.1) is 23.9 Å². The van der Waals surface area contributed by atoms with E-state index in [1.807, 2.05) is 11.8 Å². The Morgan fingerprint density at radius 1 is 1.47 bits per heavy atom. The molecule has 1 saturated heterocycles. The largest absolute Gasteiger partial charge is 0.469 e. The lowest BCUT2D eigenvalue weighted by Gasteiger charge is -2.36. The van der Waals surface area contributed by atoms with Crippen molar-refractivity contribution < 1.29 is 9.21 Å². The van der Waals surface area contributed by atoms with E-state index in [1.165, 1.54) is 0 Å². The highest BCUT2D eigenvalue weighted by Crippen LogP contribution is 2.15. The van der Waals surface area contributed by atoms with Crippen molar-refractivity contribution in [3.8, 4) is 6.07 Å². The maximum Gasteiger partial charge on any atom is 0.257 e. The highest BCUT2D eigenvalue weighted by Gasteiger charge is 2.26. The van der Waals surface area contributed by atoms with Gasteiger partial charge in [-0.15, -0.1) is 0 Å². The van der Waals surface area contributed by atoms with Gasteiger partial charge in [-0.05, 0) is 19.4 Å². The second-order valence-electron chi connectivity index (χ2n) is 4.77. The van der Waals surface area contributed by atoms with Crippen LogP contribution in [0.15, 0.2) is 16.7 Å². The Balaban J connectivity index is 1.96. The molecular formula is C14H19N3O2. The van der Waals surface area contributed by atoms with Crippen LogP contribution in [0.2, 0.25) is 0 Å². The molecule has 0 bridgehead atoms. The molecule has 5 heteroatoms. The van der Waals surface area contributed by atoms with E-state index < -0.39 is 0 Å². The Kier molecular flexibility index (Phi) is 4.23. The Morgan fingerprint density at radius 2 is 2.16 bits per heavy atom. The lowest BCUT2D eigenvalue weighted by Crippen LogP contribution is -2.51. The van der Waals surface area contributed by atoms with Gasteiger partial charge in [-0.3, -0.25) is 9.69 Å². The van der Waals surface area contributed by atoms with Crippen molar-refractivity contribution in [3.05, 3.63) is 23.7 Å². The lowest BCUT2D eigenvalue weighted by atomic mass is 10.1. The van der Waals surface area contributed by atoms with Crippen LogP contribution >= 0.6 is 0 Å². The highest BCUT2D eigenvalue weighted by atomic mass is 16.3. The van der Waals surface area contributed by atoms with Crippen molar-refractivity contribution in [1.82, 2.24) is 9.80 Å². The average molecular weight is 261 g/mol. The van der Waals surface area contributed by atoms with Crippen LogP contribution in [-0.2, 0) is 0 Å². The Labute approximate surface area is 113 Å². The number of aryl methyl sites for hydroxylation is 1. The number of furan rings is 1. The van der Waals surface area contributed by atoms with Crippen LogP contribution in [0.1, 0.15) is 29.5 Å². The highest BCUT2D eigenvalue weighted by molar-refractivity contribution is 5.95. The van der Waals surface area contributed by atoms with Crippen LogP contribution in [0.25, 0.3) is 0 Å². The molecule has 1 atom stereocenters. The van der Waals surface area contributed by atoms with E-state index in [2.05, 4.69) is 11.0 Å². The van der Waals surface area contributed by atoms with E-state index >= 15 is 0 Å². The smallest absolute Gasteiger partial charge is 0.257 e. The van der Waals surface area contributed by atoms with Gasteiger partial charge in [0, 0.05) is 26.2 Å². The second kappa shape index (κ2) is 5.89. The van der Waals surface area contributed by atoms with Gasteiger partial charge in [0.15, 0.2) is 0 Å². The van der Waals surface area contributed by atoms with Crippen LogP contribution < -0.4 is 0 Å². The van der Waals surface area contributed by atoms with Crippen molar-refractivity contribution in [2.24, 2.45) is 0 Å². The minimum atomic E-state index is -0.0343. The first kappa shape index (κ1) is 13.6. The number of carbonyl (C=O) groups excluding carboxylic acids is 1. The van der Waals surface area contributed by atoms with Crippen molar-refractivity contribution in [3.63, 3.8) is 0 Å². The van der Waals surface area contributed by atoms with Crippen LogP contribution in [0.5, 0.6) is 0 Å². The molecule has 0 spiro atoms. The maximum absolute atomic E-state index is 12.3. The van der Waals surface area contributed by atoms with Crippen molar-refractivity contribution in [1.29, 1.82) is 5.26 Å². The van der Waals surface area contributed by atoms with Crippen molar-refractivity contribution in [2.75, 3.05) is 26.2 Å². The standard InChI is InChI=1S/C14H19N3O2/c1-3-12(10-15)16-5-7-17(8-6-16)14(18)13-4-9-19-11(13)2/h4,9,12H,3,5-8H2,1-2H3. The number of nitriles is 1. The predicted octanol–water partition coefficient (Wildman–Crippen LogP) is 1.65. The van der Waals surface area contributed by atoms with Gasteiger partial charge in [-0.1, -0.05) is 6.92 Å². The van der Waals surface area contributed by atoms with Crippen LogP contribution in [0, 0.1) is 18.3 Å². The SMILES string of the molecule is CCC(C#N)N1CCN(C(=O)c2ccoc2C)CC1. The van der Waals surface area contributed by atoms with Gasteiger partial charge in [-0.25, -0.2) is 0 Å². The van der Waals surface area contributed by atoms with E-state index in [0.29, 0.717) is 24.4 Å². The Morgan fingerprint density at radius 3 is 2.63 bits per heavy atom. The molecule has 1 aliphatic heterocycles. The first-order valence-corrected chi connectivity index (χ1v) is 6.64. The van der Waals surface area contributed by atoms with E-state index in [9.17, 15) is 4.79 Å². The van der Waals surface area contributed by atoms with Gasteiger partial charge in [-0.2, -0.15) is 5.26 Å². The molecule has 1 amide bonds. The first-order valence-electron chi connectivity index (χ1n) is 6.64. The monoisotopic (exact) mass is 261 g/mol. The summed E-state index contributed by atoms with van der Waals surface area (Å²) in [7, 11) is 0. The zero-order valence-corrected chi connectivity index (χ0v) is 11.4. The third kappa shape index (κ3) is 2.79. The molecule has 1 aromatic heterocycles. The van der Waals surface area contributed by atoms with Crippen LogP contribution in [0.4, 0.5) is 0 Å². The fourth-order valence-electron chi connectivity index (χ4n) is 2.45. The minimum absolute atomic E-state index is 0.0240. The van der Waals surface area contributed by atoms with E-state index in [4.69, 9.17) is 9.68 Å². The topological polar surface area (TPSA) is 60.5 Å². The van der Waals surface area contributed by atoms with E-state index in [0.717, 1.165) is 19.5 Å². The van der Waals surface area contributed by atoms with Gasteiger partial charge in [0.2, 0.25) is 0 Å². The number of hydrogen-bond acceptors (Lipinski definition) is 4. The maximum atomic E-state index is 12.3. The molecule has 5 nitrogen and oxygen atoms in total. The van der Waals surface area contributed by atoms with E-state index in [-0.39, 0.29) is 11.9 Å². The molecule has 0 N–H and O–H groups in total. The quantitative estimate of drug-likeness (QED) is 0.830. The van der Waals surface area contributed by atoms with Crippen molar-refractivity contribution >= 4 is 5.91 Å². The van der Waals surface area contributed by atoms with Gasteiger partial charge in [0.25, 0.3) is 5.91 Å². The number of carbonyl (C=O) groups is 1. The normalized spacial score (nSPS) is 18.1. The summed E-state index contributed by atoms with van der Waals surface area (Å²) < 4.78 is 5.17. The summed E-state index contributed by atoms with van der Waals surface area (Å²) >= 11 is 0. The molecule has 1 aromatic rings. The zero-order chi connectivity index (χ0) is 13.8. The number of rotatable bonds is 3. The number of piperazine rings is 1. The molecule has 2 rings (SSSR count). The van der Waals surface area contributed by atoms with Crippen molar-refractivity contribution in [2.45, 2.75) is 26.3 Å². The number of nitrogens with zero attached hydrogens (tertiary/aromatic N) is 3. The number of amides is 1. The third-order valence-electron chi connectivity index (χ3n) is 3.67. The lowest BCUT2D eigenvalue weighted by molar-refractivity contribution is 0.0603. The predicted molar refractivity (Wildman–Crippen MR) is 70.6 cm³/mol. The minimum Gasteiger partial charge on any atom is -0.469 e. The molecule has 1 aliphatic rings. The fraction of sp³-hybridized carbons (Fsp3) is 0.571. The summed E-state index contributed by atoms with van der Waals surface area (Å²) in [4.78, 5) is 16.3. The Bertz CT molecular complexity index is 481. The third-order valence-corrected chi connectivity index (χ3v) is 3.67. The molecule has 2 heterocycles. The van der Waals surface area contributed by atoms with Gasteiger partial charge >= 0.3 is 0 Å². The summed E-state index contributed by atoms with van der Waals surface area (Å²) in [5.41, 5.74) is 0.640. The average Bonchev–Trinajstić information content (AvgIpc) is 2.86. The van der Waals surface area contributed by atoms with Crippen LogP contribution in [-0.4, -0.2) is 47.9 Å². The molecular weight excluding hydrogens is 242 g/mol. The zero-order valence-electron chi connectivity index (χ0n) is 11.4. The van der Waals surface area contributed by atoms with E-state index in [1.54, 1.807) is 19.3 Å². The second-order valence-corrected chi connectivity index (χ2v) is 4.77. The summed E-state index contributed by atoms with van der Waals surface area (Å²) in [6, 6.07) is 3.99. The van der Waals surface area contributed by atoms with Gasteiger partial charge < -0.3 is 9.32 Å². The molecule has 0 aromatic carbocycles. The summed E-state index contributed by atoms with van der Waals surface area (Å²) in [6.07, 6.45) is 2.37. The molecule has 0 radical (unpaired) electrons. The molecule has 102 valence electrons. The molecule has 0 saturated carbocycles. The first-order chi connectivity index (χ1) is 9.17. The summed E-state index contributed by atoms with van der Waals surface area (Å²) in [5, 5.41) is 9.06. The summed E-state index contributed by atoms with van der Waals surface area (Å²) in [6.45, 7) is 6.67. The van der Waals surface area contributed by atoms with Crippen LogP contribution in [0.3, 0.4) is 0 Å². The molecule has 19 heavy (non-hydrogen) atoms. The molecule has 0 aliphatic carbocycles. The van der Waals surface area contributed by atoms with Gasteiger partial charge in [0.1, 0.15) is 5.76 Å². The molecule has 1 unspecified atom stereocenters.